The highest BCUT2D eigenvalue weighted by Gasteiger charge is 2.45. The number of imidazole rings is 1. The molecule has 9 nitrogen and oxygen atoms in total. The van der Waals surface area contributed by atoms with Crippen molar-refractivity contribution in [3.05, 3.63) is 35.9 Å². The van der Waals surface area contributed by atoms with Crippen molar-refractivity contribution in [2.75, 3.05) is 38.2 Å². The van der Waals surface area contributed by atoms with Crippen molar-refractivity contribution < 1.29 is 13.2 Å². The third kappa shape index (κ3) is 3.16. The number of hydrogen-bond donors (Lipinski definition) is 0. The minimum Gasteiger partial charge on any atom is -0.496 e. The van der Waals surface area contributed by atoms with Gasteiger partial charge in [-0.3, -0.25) is 0 Å². The van der Waals surface area contributed by atoms with Crippen molar-refractivity contribution in [1.29, 1.82) is 0 Å². The number of rotatable bonds is 4. The predicted octanol–water partition coefficient (Wildman–Crippen LogP) is 1.75. The van der Waals surface area contributed by atoms with Gasteiger partial charge in [0.2, 0.25) is 10.0 Å². The van der Waals surface area contributed by atoms with Crippen LogP contribution in [0.1, 0.15) is 11.1 Å². The molecule has 0 bridgehead atoms. The summed E-state index contributed by atoms with van der Waals surface area (Å²) in [6, 6.07) is 3.52. The van der Waals surface area contributed by atoms with E-state index in [1.807, 2.05) is 25.5 Å². The summed E-state index contributed by atoms with van der Waals surface area (Å²) in [4.78, 5) is 15.8. The smallest absolute Gasteiger partial charge is 0.243 e. The van der Waals surface area contributed by atoms with Gasteiger partial charge in [0.05, 0.1) is 18.3 Å². The molecular weight excluding hydrogens is 416 g/mol. The van der Waals surface area contributed by atoms with Crippen LogP contribution in [0.2, 0.25) is 0 Å². The fourth-order valence-electron chi connectivity index (χ4n) is 4.88. The Labute approximate surface area is 181 Å². The van der Waals surface area contributed by atoms with Gasteiger partial charge in [0.1, 0.15) is 12.1 Å². The molecule has 164 valence electrons. The Kier molecular flexibility index (Phi) is 4.67. The summed E-state index contributed by atoms with van der Waals surface area (Å²) in [5, 5.41) is 0. The third-order valence-electron chi connectivity index (χ3n) is 6.54. The quantitative estimate of drug-likeness (QED) is 0.608. The van der Waals surface area contributed by atoms with Crippen molar-refractivity contribution in [1.82, 2.24) is 23.8 Å². The maximum absolute atomic E-state index is 13.4. The van der Waals surface area contributed by atoms with Gasteiger partial charge in [0.15, 0.2) is 17.0 Å². The number of benzene rings is 1. The Bertz CT molecular complexity index is 1260. The zero-order chi connectivity index (χ0) is 21.9. The highest BCUT2D eigenvalue weighted by atomic mass is 32.2. The van der Waals surface area contributed by atoms with E-state index >= 15 is 0 Å². The molecule has 1 aromatic carbocycles. The van der Waals surface area contributed by atoms with Crippen molar-refractivity contribution in [3.8, 4) is 5.75 Å². The monoisotopic (exact) mass is 442 g/mol. The number of aromatic nitrogens is 4. The summed E-state index contributed by atoms with van der Waals surface area (Å²) in [5.41, 5.74) is 3.12. The molecule has 0 aliphatic carbocycles. The van der Waals surface area contributed by atoms with Crippen molar-refractivity contribution in [2.45, 2.75) is 18.7 Å². The van der Waals surface area contributed by atoms with E-state index in [1.165, 1.54) is 0 Å². The second-order valence-corrected chi connectivity index (χ2v) is 10.5. The second kappa shape index (κ2) is 7.16. The second-order valence-electron chi connectivity index (χ2n) is 8.56. The summed E-state index contributed by atoms with van der Waals surface area (Å²) < 4.78 is 35.7. The molecule has 0 N–H and O–H groups in total. The first kappa shape index (κ1) is 20.2. The number of ether oxygens (including phenoxy) is 1. The molecular formula is C21H26N6O3S. The molecule has 2 aliphatic heterocycles. The number of aryl methyl sites for hydroxylation is 3. The normalized spacial score (nSPS) is 21.7. The van der Waals surface area contributed by atoms with Crippen LogP contribution in [-0.2, 0) is 17.1 Å². The minimum absolute atomic E-state index is 0.267. The van der Waals surface area contributed by atoms with Gasteiger partial charge in [-0.05, 0) is 48.9 Å². The number of methoxy groups -OCH3 is 1. The summed E-state index contributed by atoms with van der Waals surface area (Å²) in [6.07, 6.45) is 3.31. The summed E-state index contributed by atoms with van der Waals surface area (Å²) in [6.45, 7) is 6.25. The van der Waals surface area contributed by atoms with Crippen LogP contribution in [0.5, 0.6) is 5.75 Å². The summed E-state index contributed by atoms with van der Waals surface area (Å²) >= 11 is 0. The molecule has 10 heteroatoms. The Balaban J connectivity index is 1.37. The topological polar surface area (TPSA) is 93.5 Å². The zero-order valence-electron chi connectivity index (χ0n) is 18.1. The average Bonchev–Trinajstić information content (AvgIpc) is 3.43. The van der Waals surface area contributed by atoms with Gasteiger partial charge in [-0.15, -0.1) is 0 Å². The highest BCUT2D eigenvalue weighted by molar-refractivity contribution is 7.89. The average molecular weight is 443 g/mol. The lowest BCUT2D eigenvalue weighted by Gasteiger charge is -2.23. The van der Waals surface area contributed by atoms with Gasteiger partial charge >= 0.3 is 0 Å². The Morgan fingerprint density at radius 1 is 1.00 bits per heavy atom. The van der Waals surface area contributed by atoms with Crippen LogP contribution in [-0.4, -0.2) is 65.5 Å². The molecule has 2 saturated heterocycles. The minimum atomic E-state index is -3.55. The Morgan fingerprint density at radius 2 is 1.71 bits per heavy atom. The van der Waals surface area contributed by atoms with Gasteiger partial charge < -0.3 is 14.2 Å². The molecule has 2 aliphatic rings. The fourth-order valence-corrected chi connectivity index (χ4v) is 6.73. The van der Waals surface area contributed by atoms with Crippen molar-refractivity contribution in [3.63, 3.8) is 0 Å². The standard InChI is InChI=1S/C21H26N6O3S/c1-13-6-18(14(2)5-17(13)30-4)31(28,29)27-9-15-7-26(8-16(15)10-27)21-19-20(22-11-23-21)25(3)12-24-19/h5-6,11-12,15-16H,7-10H2,1-4H3. The summed E-state index contributed by atoms with van der Waals surface area (Å²) in [7, 11) is -0.0443. The number of fused-ring (bicyclic) bond motifs is 2. The largest absolute Gasteiger partial charge is 0.496 e. The van der Waals surface area contributed by atoms with Crippen LogP contribution in [0.15, 0.2) is 29.7 Å². The number of hydrogen-bond acceptors (Lipinski definition) is 7. The van der Waals surface area contributed by atoms with Gasteiger partial charge in [0.25, 0.3) is 0 Å². The molecule has 5 rings (SSSR count). The van der Waals surface area contributed by atoms with Crippen molar-refractivity contribution >= 4 is 27.0 Å². The lowest BCUT2D eigenvalue weighted by atomic mass is 10.0. The number of anilines is 1. The van der Waals surface area contributed by atoms with Crippen LogP contribution < -0.4 is 9.64 Å². The fraction of sp³-hybridized carbons (Fsp3) is 0.476. The molecule has 0 amide bonds. The molecule has 3 aromatic rings. The predicted molar refractivity (Wildman–Crippen MR) is 117 cm³/mol. The third-order valence-corrected chi connectivity index (χ3v) is 8.51. The molecule has 2 aromatic heterocycles. The molecule has 2 unspecified atom stereocenters. The van der Waals surface area contributed by atoms with Crippen LogP contribution in [0.25, 0.3) is 11.2 Å². The van der Waals surface area contributed by atoms with Crippen LogP contribution in [0.3, 0.4) is 0 Å². The van der Waals surface area contributed by atoms with E-state index in [9.17, 15) is 8.42 Å². The lowest BCUT2D eigenvalue weighted by molar-refractivity contribution is 0.410. The molecule has 2 fully saturated rings. The van der Waals surface area contributed by atoms with Gasteiger partial charge in [-0.25, -0.2) is 23.4 Å². The van der Waals surface area contributed by atoms with Crippen LogP contribution >= 0.6 is 0 Å². The van der Waals surface area contributed by atoms with Crippen molar-refractivity contribution in [2.24, 2.45) is 18.9 Å². The maximum Gasteiger partial charge on any atom is 0.243 e. The van der Waals surface area contributed by atoms with E-state index in [2.05, 4.69) is 19.9 Å². The number of sulfonamides is 1. The van der Waals surface area contributed by atoms with E-state index in [-0.39, 0.29) is 11.8 Å². The zero-order valence-corrected chi connectivity index (χ0v) is 18.9. The van der Waals surface area contributed by atoms with Gasteiger partial charge in [-0.1, -0.05) is 0 Å². The summed E-state index contributed by atoms with van der Waals surface area (Å²) in [5.74, 6) is 2.07. The molecule has 4 heterocycles. The lowest BCUT2D eigenvalue weighted by Crippen LogP contribution is -2.34. The molecule has 0 radical (unpaired) electrons. The van der Waals surface area contributed by atoms with Gasteiger partial charge in [-0.2, -0.15) is 4.31 Å². The first-order chi connectivity index (χ1) is 14.8. The highest BCUT2D eigenvalue weighted by Crippen LogP contribution is 2.38. The van der Waals surface area contributed by atoms with E-state index in [1.54, 1.807) is 36.2 Å². The first-order valence-corrected chi connectivity index (χ1v) is 11.8. The first-order valence-electron chi connectivity index (χ1n) is 10.3. The molecule has 2 atom stereocenters. The molecule has 0 saturated carbocycles. The van der Waals surface area contributed by atoms with E-state index in [0.29, 0.717) is 29.3 Å². The van der Waals surface area contributed by atoms with E-state index in [0.717, 1.165) is 35.6 Å². The SMILES string of the molecule is COc1cc(C)c(S(=O)(=O)N2CC3CN(c4ncnc5c4ncn5C)CC3C2)cc1C. The van der Waals surface area contributed by atoms with E-state index < -0.39 is 10.0 Å². The Hall–Kier alpha value is -2.72. The van der Waals surface area contributed by atoms with Crippen LogP contribution in [0.4, 0.5) is 5.82 Å². The van der Waals surface area contributed by atoms with Crippen LogP contribution in [0, 0.1) is 25.7 Å². The molecule has 0 spiro atoms. The number of nitrogens with zero attached hydrogens (tertiary/aromatic N) is 6. The Morgan fingerprint density at radius 3 is 2.39 bits per heavy atom. The maximum atomic E-state index is 13.4. The van der Waals surface area contributed by atoms with E-state index in [4.69, 9.17) is 4.74 Å². The molecule has 31 heavy (non-hydrogen) atoms. The van der Waals surface area contributed by atoms with Gasteiger partial charge in [0, 0.05) is 33.2 Å².